The van der Waals surface area contributed by atoms with Crippen LogP contribution < -0.4 is 16.8 Å². The lowest BCUT2D eigenvalue weighted by Gasteiger charge is -2.16. The second-order valence-electron chi connectivity index (χ2n) is 7.53. The van der Waals surface area contributed by atoms with Crippen LogP contribution in [0.2, 0.25) is 0 Å². The van der Waals surface area contributed by atoms with Crippen molar-refractivity contribution in [2.75, 3.05) is 12.4 Å². The van der Waals surface area contributed by atoms with E-state index >= 15 is 0 Å². The highest BCUT2D eigenvalue weighted by Crippen LogP contribution is 2.32. The van der Waals surface area contributed by atoms with E-state index in [1.807, 2.05) is 42.5 Å². The predicted octanol–water partition coefficient (Wildman–Crippen LogP) is 2.88. The van der Waals surface area contributed by atoms with Crippen molar-refractivity contribution in [1.82, 2.24) is 4.98 Å². The summed E-state index contributed by atoms with van der Waals surface area (Å²) in [6.45, 7) is 0.353. The Morgan fingerprint density at radius 2 is 1.97 bits per heavy atom. The van der Waals surface area contributed by atoms with E-state index in [1.165, 1.54) is 7.11 Å². The number of amides is 2. The molecular weight excluding hydrogens is 380 g/mol. The van der Waals surface area contributed by atoms with Gasteiger partial charge >= 0.3 is 0 Å². The molecule has 2 amide bonds. The lowest BCUT2D eigenvalue weighted by molar-refractivity contribution is -0.128. The van der Waals surface area contributed by atoms with Gasteiger partial charge in [-0.05, 0) is 58.7 Å². The van der Waals surface area contributed by atoms with Crippen LogP contribution in [0.25, 0.3) is 21.9 Å². The number of nitrogens with one attached hydrogen (secondary N) is 1. The second-order valence-corrected chi connectivity index (χ2v) is 7.53. The van der Waals surface area contributed by atoms with Crippen molar-refractivity contribution >= 4 is 28.4 Å². The summed E-state index contributed by atoms with van der Waals surface area (Å²) in [6, 6.07) is 13.4. The molecule has 7 heteroatoms. The molecule has 1 aliphatic rings. The molecule has 0 radical (unpaired) electrons. The zero-order valence-corrected chi connectivity index (χ0v) is 16.7. The van der Waals surface area contributed by atoms with Gasteiger partial charge in [0, 0.05) is 31.2 Å². The van der Waals surface area contributed by atoms with Gasteiger partial charge in [-0.15, -0.1) is 0 Å². The van der Waals surface area contributed by atoms with E-state index in [-0.39, 0.29) is 11.8 Å². The number of hydrogen-bond donors (Lipinski definition) is 3. The first-order valence-corrected chi connectivity index (χ1v) is 9.86. The number of ether oxygens (including phenoxy) is 1. The van der Waals surface area contributed by atoms with Crippen LogP contribution in [0.3, 0.4) is 0 Å². The number of carbonyl (C=O) groups is 2. The normalized spacial score (nSPS) is 14.5. The summed E-state index contributed by atoms with van der Waals surface area (Å²) in [5.41, 5.74) is 14.9. The quantitative estimate of drug-likeness (QED) is 0.559. The number of methoxy groups -OCH3 is 1. The van der Waals surface area contributed by atoms with Gasteiger partial charge < -0.3 is 21.5 Å². The number of aromatic nitrogens is 1. The van der Waals surface area contributed by atoms with E-state index in [4.69, 9.17) is 16.2 Å². The molecule has 0 bridgehead atoms. The minimum atomic E-state index is -0.824. The van der Waals surface area contributed by atoms with E-state index in [9.17, 15) is 9.59 Å². The molecule has 1 saturated carbocycles. The van der Waals surface area contributed by atoms with E-state index in [0.717, 1.165) is 40.3 Å². The molecule has 30 heavy (non-hydrogen) atoms. The fourth-order valence-electron chi connectivity index (χ4n) is 3.57. The topological polar surface area (TPSA) is 120 Å². The molecule has 7 nitrogen and oxygen atoms in total. The van der Waals surface area contributed by atoms with Crippen molar-refractivity contribution in [1.29, 1.82) is 0 Å². The molecule has 2 aromatic carbocycles. The van der Waals surface area contributed by atoms with Gasteiger partial charge in [0.2, 0.25) is 5.91 Å². The number of fused-ring (bicyclic) bond motifs is 1. The molecule has 0 saturated heterocycles. The Kier molecular flexibility index (Phi) is 5.48. The van der Waals surface area contributed by atoms with Crippen LogP contribution in [0.4, 0.5) is 5.82 Å². The molecule has 4 rings (SSSR count). The van der Waals surface area contributed by atoms with Crippen molar-refractivity contribution in [3.05, 3.63) is 59.8 Å². The highest BCUT2D eigenvalue weighted by Gasteiger charge is 2.29. The number of hydrogen-bond acceptors (Lipinski definition) is 5. The SMILES string of the molecule is COC(C(N)=O)c1ccc(CN)c(-c2ccc3cc(NC(=O)C4CC4)ncc3c2)c1. The molecule has 0 aliphatic heterocycles. The van der Waals surface area contributed by atoms with E-state index in [2.05, 4.69) is 10.3 Å². The first-order chi connectivity index (χ1) is 14.5. The van der Waals surface area contributed by atoms with Crippen molar-refractivity contribution in [2.24, 2.45) is 17.4 Å². The molecular formula is C23H24N4O3. The van der Waals surface area contributed by atoms with E-state index in [1.54, 1.807) is 6.20 Å². The molecule has 154 valence electrons. The number of nitrogens with zero attached hydrogens (tertiary/aromatic N) is 1. The van der Waals surface area contributed by atoms with E-state index < -0.39 is 12.0 Å². The van der Waals surface area contributed by atoms with Crippen LogP contribution in [-0.4, -0.2) is 23.9 Å². The fourth-order valence-corrected chi connectivity index (χ4v) is 3.57. The maximum Gasteiger partial charge on any atom is 0.251 e. The first-order valence-electron chi connectivity index (χ1n) is 9.86. The van der Waals surface area contributed by atoms with Crippen molar-refractivity contribution < 1.29 is 14.3 Å². The van der Waals surface area contributed by atoms with E-state index in [0.29, 0.717) is 17.9 Å². The summed E-state index contributed by atoms with van der Waals surface area (Å²) in [4.78, 5) is 28.0. The lowest BCUT2D eigenvalue weighted by Crippen LogP contribution is -2.22. The van der Waals surface area contributed by atoms with Crippen LogP contribution in [0, 0.1) is 5.92 Å². The second kappa shape index (κ2) is 8.22. The predicted molar refractivity (Wildman–Crippen MR) is 115 cm³/mol. The summed E-state index contributed by atoms with van der Waals surface area (Å²) >= 11 is 0. The number of benzene rings is 2. The molecule has 1 unspecified atom stereocenters. The number of primary amides is 1. The van der Waals surface area contributed by atoms with Crippen LogP contribution in [0.5, 0.6) is 0 Å². The summed E-state index contributed by atoms with van der Waals surface area (Å²) in [5.74, 6) is 0.168. The molecule has 1 heterocycles. The lowest BCUT2D eigenvalue weighted by atomic mass is 9.94. The average molecular weight is 404 g/mol. The Balaban J connectivity index is 1.69. The molecule has 1 aliphatic carbocycles. The summed E-state index contributed by atoms with van der Waals surface area (Å²) in [7, 11) is 1.45. The minimum Gasteiger partial charge on any atom is -0.367 e. The minimum absolute atomic E-state index is 0.0324. The Morgan fingerprint density at radius 3 is 2.63 bits per heavy atom. The summed E-state index contributed by atoms with van der Waals surface area (Å²) < 4.78 is 5.25. The monoisotopic (exact) mass is 404 g/mol. The molecule has 1 aromatic heterocycles. The van der Waals surface area contributed by atoms with Crippen LogP contribution in [-0.2, 0) is 20.9 Å². The third-order valence-corrected chi connectivity index (χ3v) is 5.38. The van der Waals surface area contributed by atoms with Gasteiger partial charge in [-0.1, -0.05) is 24.3 Å². The molecule has 1 atom stereocenters. The van der Waals surface area contributed by atoms with Gasteiger partial charge in [-0.2, -0.15) is 0 Å². The van der Waals surface area contributed by atoms with Gasteiger partial charge in [0.25, 0.3) is 5.91 Å². The highest BCUT2D eigenvalue weighted by atomic mass is 16.5. The standard InChI is InChI=1S/C23H24N4O3/c1-30-21(22(25)28)16-6-7-17(11-24)19(9-16)15-5-4-14-10-20(26-12-18(14)8-15)27-23(29)13-2-3-13/h4-10,12-13,21H,2-3,11,24H2,1H3,(H2,25,28)(H,26,27,29). The summed E-state index contributed by atoms with van der Waals surface area (Å²) in [5, 5.41) is 4.78. The third kappa shape index (κ3) is 4.03. The van der Waals surface area contributed by atoms with Crippen LogP contribution in [0.15, 0.2) is 48.7 Å². The Labute approximate surface area is 174 Å². The number of anilines is 1. The van der Waals surface area contributed by atoms with Crippen molar-refractivity contribution in [2.45, 2.75) is 25.5 Å². The Bertz CT molecular complexity index is 1120. The zero-order valence-electron chi connectivity index (χ0n) is 16.7. The zero-order chi connectivity index (χ0) is 21.3. The number of rotatable bonds is 7. The Hall–Kier alpha value is -3.29. The average Bonchev–Trinajstić information content (AvgIpc) is 3.59. The number of carbonyl (C=O) groups excluding carboxylic acids is 2. The van der Waals surface area contributed by atoms with Crippen LogP contribution in [0.1, 0.15) is 30.1 Å². The van der Waals surface area contributed by atoms with Gasteiger partial charge in [0.15, 0.2) is 6.10 Å². The first kappa shape index (κ1) is 20.0. The number of pyridine rings is 1. The van der Waals surface area contributed by atoms with Crippen LogP contribution >= 0.6 is 0 Å². The van der Waals surface area contributed by atoms with Gasteiger partial charge in [-0.3, -0.25) is 9.59 Å². The molecule has 1 fully saturated rings. The highest BCUT2D eigenvalue weighted by molar-refractivity contribution is 5.96. The van der Waals surface area contributed by atoms with Gasteiger partial charge in [0.1, 0.15) is 5.82 Å². The molecule has 3 aromatic rings. The molecule has 5 N–H and O–H groups in total. The summed E-state index contributed by atoms with van der Waals surface area (Å²) in [6.07, 6.45) is 2.82. The van der Waals surface area contributed by atoms with Crippen molar-refractivity contribution in [3.8, 4) is 11.1 Å². The largest absolute Gasteiger partial charge is 0.367 e. The smallest absolute Gasteiger partial charge is 0.251 e. The fraction of sp³-hybridized carbons (Fsp3) is 0.261. The maximum atomic E-state index is 12.0. The van der Waals surface area contributed by atoms with Gasteiger partial charge in [0.05, 0.1) is 0 Å². The number of nitrogens with two attached hydrogens (primary N) is 2. The third-order valence-electron chi connectivity index (χ3n) is 5.38. The van der Waals surface area contributed by atoms with Crippen molar-refractivity contribution in [3.63, 3.8) is 0 Å². The Morgan fingerprint density at radius 1 is 1.17 bits per heavy atom. The van der Waals surface area contributed by atoms with Gasteiger partial charge in [-0.25, -0.2) is 4.98 Å². The molecule has 0 spiro atoms. The maximum absolute atomic E-state index is 12.0.